The van der Waals surface area contributed by atoms with Gasteiger partial charge in [0.1, 0.15) is 5.75 Å². The van der Waals surface area contributed by atoms with Gasteiger partial charge in [-0.25, -0.2) is 0 Å². The first kappa shape index (κ1) is 25.4. The summed E-state index contributed by atoms with van der Waals surface area (Å²) in [7, 11) is 0. The van der Waals surface area contributed by atoms with Crippen molar-refractivity contribution in [1.29, 1.82) is 0 Å². The summed E-state index contributed by atoms with van der Waals surface area (Å²) >= 11 is 2.10. The van der Waals surface area contributed by atoms with E-state index in [9.17, 15) is 5.11 Å². The maximum atomic E-state index is 9.64. The van der Waals surface area contributed by atoms with Crippen molar-refractivity contribution < 1.29 is 5.11 Å². The number of rotatable bonds is 12. The van der Waals surface area contributed by atoms with Crippen LogP contribution in [-0.2, 0) is 5.75 Å². The normalized spacial score (nSPS) is 16.0. The second-order valence-corrected chi connectivity index (χ2v) is 10.9. The van der Waals surface area contributed by atoms with Crippen LogP contribution >= 0.6 is 11.8 Å². The number of aromatic hydroxyl groups is 1. The van der Waals surface area contributed by atoms with E-state index in [-0.39, 0.29) is 0 Å². The van der Waals surface area contributed by atoms with Crippen LogP contribution in [0.1, 0.15) is 75.5 Å². The van der Waals surface area contributed by atoms with Gasteiger partial charge in [-0.05, 0) is 65.3 Å². The van der Waals surface area contributed by atoms with Gasteiger partial charge >= 0.3 is 0 Å². The van der Waals surface area contributed by atoms with Crippen LogP contribution in [0.5, 0.6) is 5.75 Å². The van der Waals surface area contributed by atoms with Gasteiger partial charge in [-0.2, -0.15) is 11.8 Å². The van der Waals surface area contributed by atoms with Crippen molar-refractivity contribution in [2.45, 2.75) is 69.8 Å². The summed E-state index contributed by atoms with van der Waals surface area (Å²) in [6.45, 7) is 9.56. The highest BCUT2D eigenvalue weighted by molar-refractivity contribution is 7.99. The van der Waals surface area contributed by atoms with Crippen LogP contribution < -0.4 is 0 Å². The van der Waals surface area contributed by atoms with Crippen LogP contribution in [0.25, 0.3) is 0 Å². The van der Waals surface area contributed by atoms with Gasteiger partial charge in [-0.3, -0.25) is 0 Å². The Hall–Kier alpha value is -2.19. The monoisotopic (exact) mass is 460 g/mol. The first-order valence-electron chi connectivity index (χ1n) is 12.5. The molecule has 176 valence electrons. The van der Waals surface area contributed by atoms with E-state index in [2.05, 4.69) is 112 Å². The van der Waals surface area contributed by atoms with Gasteiger partial charge in [-0.1, -0.05) is 107 Å². The standard InChI is InChI=1S/C31H40OS/c1-5-27(25(4)29-14-10-7-11-15-29)21-31(33-22-26-16-18-30(32)19-17-26)20-23(2)24(3)28-12-8-6-9-13-28/h6-19,23-25,27,31-32H,5,20-22H2,1-4H3. The lowest BCUT2D eigenvalue weighted by atomic mass is 9.80. The Bertz CT molecular complexity index is 922. The smallest absolute Gasteiger partial charge is 0.115 e. The molecule has 0 radical (unpaired) electrons. The maximum absolute atomic E-state index is 9.64. The van der Waals surface area contributed by atoms with Crippen molar-refractivity contribution in [3.05, 3.63) is 102 Å². The molecule has 0 aliphatic heterocycles. The average molecular weight is 461 g/mol. The third-order valence-electron chi connectivity index (χ3n) is 7.36. The lowest BCUT2D eigenvalue weighted by molar-refractivity contribution is 0.361. The summed E-state index contributed by atoms with van der Waals surface area (Å²) in [6.07, 6.45) is 3.66. The molecule has 0 aliphatic carbocycles. The van der Waals surface area contributed by atoms with Crippen LogP contribution in [-0.4, -0.2) is 10.4 Å². The molecular weight excluding hydrogens is 420 g/mol. The number of phenols is 1. The zero-order valence-electron chi connectivity index (χ0n) is 20.7. The van der Waals surface area contributed by atoms with Crippen LogP contribution in [0, 0.1) is 11.8 Å². The third-order valence-corrected chi connectivity index (χ3v) is 8.71. The molecule has 5 atom stereocenters. The van der Waals surface area contributed by atoms with Gasteiger partial charge in [0, 0.05) is 11.0 Å². The van der Waals surface area contributed by atoms with E-state index in [0.29, 0.717) is 34.7 Å². The second kappa shape index (κ2) is 12.9. The predicted octanol–water partition coefficient (Wildman–Crippen LogP) is 9.04. The number of benzene rings is 3. The highest BCUT2D eigenvalue weighted by atomic mass is 32.2. The lowest BCUT2D eigenvalue weighted by Gasteiger charge is -2.31. The Kier molecular flexibility index (Phi) is 9.94. The number of thioether (sulfide) groups is 1. The minimum absolute atomic E-state index is 0.341. The van der Waals surface area contributed by atoms with Gasteiger partial charge in [0.15, 0.2) is 0 Å². The summed E-state index contributed by atoms with van der Waals surface area (Å²) in [5.74, 6) is 3.74. The topological polar surface area (TPSA) is 20.2 Å². The molecule has 1 nitrogen and oxygen atoms in total. The second-order valence-electron chi connectivity index (χ2n) is 9.62. The summed E-state index contributed by atoms with van der Waals surface area (Å²) in [4.78, 5) is 0. The number of hydrogen-bond donors (Lipinski definition) is 1. The van der Waals surface area contributed by atoms with E-state index in [1.165, 1.54) is 36.0 Å². The summed E-state index contributed by atoms with van der Waals surface area (Å²) < 4.78 is 0. The van der Waals surface area contributed by atoms with Gasteiger partial charge in [-0.15, -0.1) is 0 Å². The zero-order chi connectivity index (χ0) is 23.6. The predicted molar refractivity (Wildman–Crippen MR) is 145 cm³/mol. The Morgan fingerprint density at radius 2 is 1.24 bits per heavy atom. The fraction of sp³-hybridized carbons (Fsp3) is 0.419. The molecule has 0 bridgehead atoms. The SMILES string of the molecule is CCC(CC(CC(C)C(C)c1ccccc1)SCc1ccc(O)cc1)C(C)c1ccccc1. The molecule has 0 saturated heterocycles. The van der Waals surface area contributed by atoms with Gasteiger partial charge in [0.25, 0.3) is 0 Å². The molecule has 2 heteroatoms. The first-order chi connectivity index (χ1) is 16.0. The molecule has 0 heterocycles. The van der Waals surface area contributed by atoms with Crippen molar-refractivity contribution in [2.24, 2.45) is 11.8 Å². The molecule has 3 aromatic carbocycles. The molecular formula is C31H40OS. The highest BCUT2D eigenvalue weighted by Crippen LogP contribution is 2.38. The van der Waals surface area contributed by atoms with Crippen LogP contribution in [0.15, 0.2) is 84.9 Å². The van der Waals surface area contributed by atoms with E-state index in [1.54, 1.807) is 12.1 Å². The van der Waals surface area contributed by atoms with Gasteiger partial charge in [0.05, 0.1) is 0 Å². The molecule has 33 heavy (non-hydrogen) atoms. The van der Waals surface area contributed by atoms with E-state index >= 15 is 0 Å². The van der Waals surface area contributed by atoms with Crippen molar-refractivity contribution in [1.82, 2.24) is 0 Å². The fourth-order valence-electron chi connectivity index (χ4n) is 4.83. The van der Waals surface area contributed by atoms with Crippen molar-refractivity contribution in [3.8, 4) is 5.75 Å². The first-order valence-corrected chi connectivity index (χ1v) is 13.5. The zero-order valence-corrected chi connectivity index (χ0v) is 21.5. The molecule has 0 saturated carbocycles. The molecule has 0 aromatic heterocycles. The number of hydrogen-bond acceptors (Lipinski definition) is 2. The quantitative estimate of drug-likeness (QED) is 0.291. The molecule has 5 unspecified atom stereocenters. The molecule has 1 N–H and O–H groups in total. The molecule has 0 amide bonds. The minimum atomic E-state index is 0.341. The Morgan fingerprint density at radius 3 is 1.79 bits per heavy atom. The lowest BCUT2D eigenvalue weighted by Crippen LogP contribution is -2.20. The Labute approximate surface area is 205 Å². The summed E-state index contributed by atoms with van der Waals surface area (Å²) in [5.41, 5.74) is 4.19. The highest BCUT2D eigenvalue weighted by Gasteiger charge is 2.25. The van der Waals surface area contributed by atoms with Crippen molar-refractivity contribution in [2.75, 3.05) is 0 Å². The van der Waals surface area contributed by atoms with Crippen LogP contribution in [0.3, 0.4) is 0 Å². The fourth-order valence-corrected chi connectivity index (χ4v) is 6.28. The molecule has 3 rings (SSSR count). The Balaban J connectivity index is 1.72. The summed E-state index contributed by atoms with van der Waals surface area (Å²) in [6, 6.07) is 29.7. The third kappa shape index (κ3) is 7.67. The Morgan fingerprint density at radius 1 is 0.697 bits per heavy atom. The van der Waals surface area contributed by atoms with E-state index < -0.39 is 0 Å². The van der Waals surface area contributed by atoms with Crippen molar-refractivity contribution in [3.63, 3.8) is 0 Å². The largest absolute Gasteiger partial charge is 0.508 e. The molecule has 0 aliphatic rings. The van der Waals surface area contributed by atoms with Crippen LogP contribution in [0.4, 0.5) is 0 Å². The van der Waals surface area contributed by atoms with E-state index in [4.69, 9.17) is 0 Å². The maximum Gasteiger partial charge on any atom is 0.115 e. The summed E-state index contributed by atoms with van der Waals surface area (Å²) in [5, 5.41) is 10.2. The van der Waals surface area contributed by atoms with Crippen LogP contribution in [0.2, 0.25) is 0 Å². The average Bonchev–Trinajstić information content (AvgIpc) is 2.86. The molecule has 3 aromatic rings. The van der Waals surface area contributed by atoms with Crippen molar-refractivity contribution >= 4 is 11.8 Å². The van der Waals surface area contributed by atoms with E-state index in [0.717, 1.165) is 5.75 Å². The van der Waals surface area contributed by atoms with Gasteiger partial charge < -0.3 is 5.11 Å². The number of phenolic OH excluding ortho intramolecular Hbond substituents is 1. The molecule has 0 fully saturated rings. The minimum Gasteiger partial charge on any atom is -0.508 e. The van der Waals surface area contributed by atoms with Gasteiger partial charge in [0.2, 0.25) is 0 Å². The van der Waals surface area contributed by atoms with E-state index in [1.807, 2.05) is 0 Å². The molecule has 0 spiro atoms.